The molecule has 0 spiro atoms. The molecule has 0 heterocycles. The quantitative estimate of drug-likeness (QED) is 0.427. The number of nitrogens with zero attached hydrogens (tertiary/aromatic N) is 1. The Balaban J connectivity index is 3.48. The molecule has 0 rings (SSSR count). The van der Waals surface area contributed by atoms with Gasteiger partial charge in [0.2, 0.25) is 0 Å². The van der Waals surface area contributed by atoms with E-state index in [-0.39, 0.29) is 0 Å². The Bertz CT molecular complexity index is 278. The van der Waals surface area contributed by atoms with Gasteiger partial charge in [0.25, 0.3) is 0 Å². The van der Waals surface area contributed by atoms with Crippen LogP contribution in [0.5, 0.6) is 0 Å². The second-order valence-corrected chi connectivity index (χ2v) is 5.87. The van der Waals surface area contributed by atoms with E-state index in [9.17, 15) is 0 Å². The molecule has 0 amide bonds. The average molecular weight is 281 g/mol. The highest BCUT2D eigenvalue weighted by atomic mass is 15.1. The van der Waals surface area contributed by atoms with Crippen molar-refractivity contribution in [3.8, 4) is 0 Å². The average Bonchev–Trinajstić information content (AvgIpc) is 2.39. The predicted octanol–water partition coefficient (Wildman–Crippen LogP) is 2.94. The van der Waals surface area contributed by atoms with Gasteiger partial charge >= 0.3 is 0 Å². The van der Waals surface area contributed by atoms with Crippen molar-refractivity contribution in [3.05, 3.63) is 23.3 Å². The van der Waals surface area contributed by atoms with Crippen LogP contribution in [0, 0.1) is 0 Å². The first-order valence-corrected chi connectivity index (χ1v) is 7.94. The molecule has 0 saturated heterocycles. The van der Waals surface area contributed by atoms with Crippen molar-refractivity contribution in [2.24, 2.45) is 5.73 Å². The van der Waals surface area contributed by atoms with E-state index in [0.29, 0.717) is 0 Å². The zero-order chi connectivity index (χ0) is 15.2. The Hall–Kier alpha value is -0.640. The van der Waals surface area contributed by atoms with Crippen molar-refractivity contribution < 1.29 is 0 Å². The molecule has 0 atom stereocenters. The Labute approximate surface area is 126 Å². The maximum atomic E-state index is 5.50. The molecule has 0 bridgehead atoms. The molecule has 0 fully saturated rings. The van der Waals surface area contributed by atoms with Gasteiger partial charge in [0.1, 0.15) is 0 Å². The van der Waals surface area contributed by atoms with Gasteiger partial charge in [-0.3, -0.25) is 0 Å². The number of nitrogens with two attached hydrogens (primary N) is 1. The van der Waals surface area contributed by atoms with E-state index < -0.39 is 0 Å². The molecule has 0 saturated carbocycles. The molecular formula is C17H35N3. The second kappa shape index (κ2) is 13.3. The molecule has 3 heteroatoms. The monoisotopic (exact) mass is 281 g/mol. The summed E-state index contributed by atoms with van der Waals surface area (Å²) in [7, 11) is 2.17. The lowest BCUT2D eigenvalue weighted by molar-refractivity contribution is 0.325. The largest absolute Gasteiger partial charge is 0.330 e. The van der Waals surface area contributed by atoms with Crippen LogP contribution >= 0.6 is 0 Å². The molecule has 0 aliphatic rings. The lowest BCUT2D eigenvalue weighted by Crippen LogP contribution is -2.26. The minimum atomic E-state index is 0.791. The zero-order valence-electron chi connectivity index (χ0n) is 14.0. The molecule has 0 aromatic carbocycles. The molecule has 3 N–H and O–H groups in total. The third kappa shape index (κ3) is 13.8. The summed E-state index contributed by atoms with van der Waals surface area (Å²) < 4.78 is 0. The highest BCUT2D eigenvalue weighted by molar-refractivity contribution is 5.02. The van der Waals surface area contributed by atoms with E-state index in [2.05, 4.69) is 50.2 Å². The van der Waals surface area contributed by atoms with Crippen molar-refractivity contribution in [1.82, 2.24) is 10.2 Å². The molecule has 0 aromatic heterocycles. The van der Waals surface area contributed by atoms with Crippen LogP contribution in [0.25, 0.3) is 0 Å². The molecule has 0 aromatic rings. The maximum Gasteiger partial charge on any atom is 0.0137 e. The highest BCUT2D eigenvalue weighted by Gasteiger charge is 1.96. The molecule has 3 nitrogen and oxygen atoms in total. The van der Waals surface area contributed by atoms with Gasteiger partial charge in [-0.25, -0.2) is 0 Å². The van der Waals surface area contributed by atoms with Gasteiger partial charge in [0, 0.05) is 6.54 Å². The summed E-state index contributed by atoms with van der Waals surface area (Å²) in [4.78, 5) is 2.36. The number of hydrogen-bond acceptors (Lipinski definition) is 3. The van der Waals surface area contributed by atoms with E-state index in [1.807, 2.05) is 0 Å². The first kappa shape index (κ1) is 19.4. The van der Waals surface area contributed by atoms with Crippen LogP contribution in [-0.4, -0.2) is 44.7 Å². The van der Waals surface area contributed by atoms with Crippen LogP contribution in [0.1, 0.15) is 46.5 Å². The fraction of sp³-hybridized carbons (Fsp3) is 0.765. The summed E-state index contributed by atoms with van der Waals surface area (Å²) in [6, 6.07) is 0. The smallest absolute Gasteiger partial charge is 0.0137 e. The molecule has 0 unspecified atom stereocenters. The van der Waals surface area contributed by atoms with Gasteiger partial charge in [-0.1, -0.05) is 23.3 Å². The van der Waals surface area contributed by atoms with Crippen LogP contribution in [0.15, 0.2) is 23.3 Å². The van der Waals surface area contributed by atoms with E-state index in [1.54, 1.807) is 0 Å². The summed E-state index contributed by atoms with van der Waals surface area (Å²) in [5.41, 5.74) is 8.39. The van der Waals surface area contributed by atoms with Crippen LogP contribution < -0.4 is 11.1 Å². The molecular weight excluding hydrogens is 246 g/mol. The van der Waals surface area contributed by atoms with Gasteiger partial charge < -0.3 is 16.0 Å². The van der Waals surface area contributed by atoms with Crippen LogP contribution in [0.4, 0.5) is 0 Å². The summed E-state index contributed by atoms with van der Waals surface area (Å²) in [6.45, 7) is 11.7. The molecule has 118 valence electrons. The number of rotatable bonds is 12. The number of allylic oxidation sites excluding steroid dienone is 3. The fourth-order valence-electron chi connectivity index (χ4n) is 1.99. The van der Waals surface area contributed by atoms with Gasteiger partial charge in [-0.15, -0.1) is 0 Å². The summed E-state index contributed by atoms with van der Waals surface area (Å²) in [6.07, 6.45) is 9.26. The van der Waals surface area contributed by atoms with Crippen molar-refractivity contribution in [2.75, 3.05) is 39.8 Å². The Kier molecular flexibility index (Phi) is 12.9. The minimum Gasteiger partial charge on any atom is -0.330 e. The second-order valence-electron chi connectivity index (χ2n) is 5.87. The van der Waals surface area contributed by atoms with Crippen molar-refractivity contribution >= 4 is 0 Å². The van der Waals surface area contributed by atoms with Gasteiger partial charge in [-0.05, 0) is 79.7 Å². The predicted molar refractivity (Wildman–Crippen MR) is 91.1 cm³/mol. The van der Waals surface area contributed by atoms with Crippen LogP contribution in [-0.2, 0) is 0 Å². The maximum absolute atomic E-state index is 5.50. The number of hydrogen-bond donors (Lipinski definition) is 2. The Morgan fingerprint density at radius 3 is 2.45 bits per heavy atom. The van der Waals surface area contributed by atoms with E-state index in [4.69, 9.17) is 5.73 Å². The normalized spacial score (nSPS) is 12.0. The molecule has 0 aliphatic carbocycles. The summed E-state index contributed by atoms with van der Waals surface area (Å²) in [5, 5.41) is 3.48. The van der Waals surface area contributed by atoms with Gasteiger partial charge in [-0.2, -0.15) is 0 Å². The van der Waals surface area contributed by atoms with Crippen molar-refractivity contribution in [2.45, 2.75) is 46.5 Å². The Morgan fingerprint density at radius 1 is 1.10 bits per heavy atom. The third-order valence-electron chi connectivity index (χ3n) is 3.32. The van der Waals surface area contributed by atoms with Gasteiger partial charge in [0.15, 0.2) is 0 Å². The molecule has 0 radical (unpaired) electrons. The minimum absolute atomic E-state index is 0.791. The van der Waals surface area contributed by atoms with Crippen LogP contribution in [0.3, 0.4) is 0 Å². The van der Waals surface area contributed by atoms with Crippen molar-refractivity contribution in [1.29, 1.82) is 0 Å². The standard InChI is InChI=1S/C17H35N3/c1-16(2)8-5-9-17(3)10-13-19-12-7-15-20(4)14-6-11-18/h8,10,19H,5-7,9,11-15,18H2,1-4H3. The lowest BCUT2D eigenvalue weighted by Gasteiger charge is -2.15. The third-order valence-corrected chi connectivity index (χ3v) is 3.32. The van der Waals surface area contributed by atoms with E-state index in [0.717, 1.165) is 45.6 Å². The first-order chi connectivity index (χ1) is 9.56. The van der Waals surface area contributed by atoms with Gasteiger partial charge in [0.05, 0.1) is 0 Å². The first-order valence-electron chi connectivity index (χ1n) is 7.94. The van der Waals surface area contributed by atoms with E-state index >= 15 is 0 Å². The number of nitrogens with one attached hydrogen (secondary N) is 1. The lowest BCUT2D eigenvalue weighted by atomic mass is 10.1. The van der Waals surface area contributed by atoms with Crippen molar-refractivity contribution in [3.63, 3.8) is 0 Å². The highest BCUT2D eigenvalue weighted by Crippen LogP contribution is 2.05. The van der Waals surface area contributed by atoms with E-state index in [1.165, 1.54) is 24.0 Å². The summed E-state index contributed by atoms with van der Waals surface area (Å²) >= 11 is 0. The molecule has 20 heavy (non-hydrogen) atoms. The Morgan fingerprint density at radius 2 is 1.80 bits per heavy atom. The summed E-state index contributed by atoms with van der Waals surface area (Å²) in [5.74, 6) is 0. The van der Waals surface area contributed by atoms with Crippen LogP contribution in [0.2, 0.25) is 0 Å². The fourth-order valence-corrected chi connectivity index (χ4v) is 1.99. The zero-order valence-corrected chi connectivity index (χ0v) is 14.0. The topological polar surface area (TPSA) is 41.3 Å². The SMILES string of the molecule is CC(C)=CCCC(C)=CCNCCCN(C)CCCN. The molecule has 0 aliphatic heterocycles.